The molecule has 1 heterocycles. The molecule has 0 atom stereocenters. The number of carbonyl (C=O) groups excluding carboxylic acids is 2. The monoisotopic (exact) mass is 237 g/mol. The van der Waals surface area contributed by atoms with E-state index in [0.29, 0.717) is 17.5 Å². The highest BCUT2D eigenvalue weighted by molar-refractivity contribution is 6.27. The first-order valence-electron chi connectivity index (χ1n) is 5.73. The number of carbonyl (C=O) groups is 2. The molecule has 0 fully saturated rings. The van der Waals surface area contributed by atoms with Crippen molar-refractivity contribution in [2.45, 2.75) is 6.42 Å². The molecule has 2 aromatic carbocycles. The second-order valence-electron chi connectivity index (χ2n) is 4.28. The second kappa shape index (κ2) is 3.81. The summed E-state index contributed by atoms with van der Waals surface area (Å²) in [5, 5.41) is 4.15. The van der Waals surface area contributed by atoms with Crippen LogP contribution in [0.3, 0.4) is 0 Å². The van der Waals surface area contributed by atoms with Crippen LogP contribution in [0.5, 0.6) is 0 Å². The first-order chi connectivity index (χ1) is 8.72. The van der Waals surface area contributed by atoms with Gasteiger partial charge in [-0.2, -0.15) is 0 Å². The number of amides is 2. The van der Waals surface area contributed by atoms with Crippen LogP contribution < -0.4 is 5.32 Å². The summed E-state index contributed by atoms with van der Waals surface area (Å²) in [6.45, 7) is 3.69. The van der Waals surface area contributed by atoms with Gasteiger partial charge in [-0.25, -0.2) is 0 Å². The van der Waals surface area contributed by atoms with Crippen molar-refractivity contribution in [3.05, 3.63) is 59.7 Å². The van der Waals surface area contributed by atoms with Gasteiger partial charge in [-0.05, 0) is 28.8 Å². The summed E-state index contributed by atoms with van der Waals surface area (Å²) in [5.74, 6) is -0.616. The molecule has 0 radical (unpaired) electrons. The van der Waals surface area contributed by atoms with Crippen molar-refractivity contribution < 1.29 is 9.59 Å². The number of nitrogens with one attached hydrogen (secondary N) is 1. The molecule has 1 aliphatic rings. The standard InChI is InChI=1S/C15H11NO2/c1-2-5-10-8-9-6-3-4-7-11(9)13-12(10)14(17)16-15(13)18/h2-4,6-8H,1,5H2,(H,16,17,18). The number of hydrogen-bond acceptors (Lipinski definition) is 2. The zero-order valence-electron chi connectivity index (χ0n) is 9.69. The van der Waals surface area contributed by atoms with Gasteiger partial charge >= 0.3 is 0 Å². The van der Waals surface area contributed by atoms with Crippen LogP contribution in [0.1, 0.15) is 26.3 Å². The van der Waals surface area contributed by atoms with Crippen molar-refractivity contribution >= 4 is 22.6 Å². The maximum atomic E-state index is 11.9. The molecule has 3 rings (SSSR count). The first kappa shape index (κ1) is 10.7. The fourth-order valence-corrected chi connectivity index (χ4v) is 2.45. The van der Waals surface area contributed by atoms with Crippen LogP contribution in [0.2, 0.25) is 0 Å². The van der Waals surface area contributed by atoms with E-state index in [-0.39, 0.29) is 11.8 Å². The molecule has 0 spiro atoms. The van der Waals surface area contributed by atoms with E-state index in [0.717, 1.165) is 16.3 Å². The van der Waals surface area contributed by atoms with Crippen molar-refractivity contribution in [2.75, 3.05) is 0 Å². The minimum Gasteiger partial charge on any atom is -0.288 e. The number of rotatable bonds is 2. The molecule has 2 amide bonds. The SMILES string of the molecule is C=CCc1cc2ccccc2c2c1C(=O)NC2=O. The highest BCUT2D eigenvalue weighted by Gasteiger charge is 2.31. The molecule has 0 saturated heterocycles. The Kier molecular flexibility index (Phi) is 2.27. The lowest BCUT2D eigenvalue weighted by molar-refractivity contribution is 0.0880. The smallest absolute Gasteiger partial charge is 0.259 e. The molecule has 18 heavy (non-hydrogen) atoms. The van der Waals surface area contributed by atoms with Crippen molar-refractivity contribution in [3.63, 3.8) is 0 Å². The van der Waals surface area contributed by atoms with Gasteiger partial charge in [0, 0.05) is 0 Å². The first-order valence-corrected chi connectivity index (χ1v) is 5.73. The molecule has 0 saturated carbocycles. The van der Waals surface area contributed by atoms with Crippen LogP contribution in [-0.4, -0.2) is 11.8 Å². The summed E-state index contributed by atoms with van der Waals surface area (Å²) >= 11 is 0. The summed E-state index contributed by atoms with van der Waals surface area (Å²) in [5.41, 5.74) is 1.84. The summed E-state index contributed by atoms with van der Waals surface area (Å²) in [7, 11) is 0. The van der Waals surface area contributed by atoms with Gasteiger partial charge in [0.1, 0.15) is 0 Å². The minimum absolute atomic E-state index is 0.308. The van der Waals surface area contributed by atoms with Crippen molar-refractivity contribution in [1.29, 1.82) is 0 Å². The molecule has 0 bridgehead atoms. The summed E-state index contributed by atoms with van der Waals surface area (Å²) < 4.78 is 0. The number of allylic oxidation sites excluding steroid dienone is 1. The van der Waals surface area contributed by atoms with Crippen molar-refractivity contribution in [2.24, 2.45) is 0 Å². The molecular formula is C15H11NO2. The molecule has 88 valence electrons. The molecule has 0 unspecified atom stereocenters. The van der Waals surface area contributed by atoms with Gasteiger partial charge in [0.25, 0.3) is 11.8 Å². The highest BCUT2D eigenvalue weighted by atomic mass is 16.2. The van der Waals surface area contributed by atoms with E-state index >= 15 is 0 Å². The quantitative estimate of drug-likeness (QED) is 0.644. The maximum absolute atomic E-state index is 11.9. The third kappa shape index (κ3) is 1.37. The number of benzene rings is 2. The van der Waals surface area contributed by atoms with Gasteiger partial charge < -0.3 is 0 Å². The average molecular weight is 237 g/mol. The van der Waals surface area contributed by atoms with Gasteiger partial charge in [0.15, 0.2) is 0 Å². The molecule has 0 aliphatic carbocycles. The lowest BCUT2D eigenvalue weighted by Gasteiger charge is -2.07. The molecular weight excluding hydrogens is 226 g/mol. The Morgan fingerprint density at radius 2 is 1.83 bits per heavy atom. The predicted octanol–water partition coefficient (Wildman–Crippen LogP) is 2.45. The Morgan fingerprint density at radius 1 is 1.11 bits per heavy atom. The zero-order valence-corrected chi connectivity index (χ0v) is 9.69. The molecule has 2 aromatic rings. The van der Waals surface area contributed by atoms with Crippen LogP contribution >= 0.6 is 0 Å². The Balaban J connectivity index is 2.45. The number of imide groups is 1. The number of fused-ring (bicyclic) bond motifs is 3. The zero-order chi connectivity index (χ0) is 12.7. The highest BCUT2D eigenvalue weighted by Crippen LogP contribution is 2.29. The van der Waals surface area contributed by atoms with Crippen molar-refractivity contribution in [3.8, 4) is 0 Å². The van der Waals surface area contributed by atoms with Crippen LogP contribution in [0.15, 0.2) is 43.0 Å². The number of hydrogen-bond donors (Lipinski definition) is 1. The molecule has 1 aliphatic heterocycles. The van der Waals surface area contributed by atoms with Crippen LogP contribution in [0.25, 0.3) is 10.8 Å². The summed E-state index contributed by atoms with van der Waals surface area (Å²) in [4.78, 5) is 23.7. The van der Waals surface area contributed by atoms with E-state index < -0.39 is 0 Å². The Bertz CT molecular complexity index is 701. The molecule has 0 aromatic heterocycles. The predicted molar refractivity (Wildman–Crippen MR) is 69.6 cm³/mol. The fourth-order valence-electron chi connectivity index (χ4n) is 2.45. The van der Waals surface area contributed by atoms with Gasteiger partial charge in [0.05, 0.1) is 11.1 Å². The molecule has 3 heteroatoms. The Hall–Kier alpha value is -2.42. The minimum atomic E-state index is -0.308. The lowest BCUT2D eigenvalue weighted by atomic mass is 9.94. The normalized spacial score (nSPS) is 13.6. The topological polar surface area (TPSA) is 46.2 Å². The van der Waals surface area contributed by atoms with E-state index in [4.69, 9.17) is 0 Å². The van der Waals surface area contributed by atoms with E-state index in [1.807, 2.05) is 30.3 Å². The van der Waals surface area contributed by atoms with E-state index in [1.54, 1.807) is 6.08 Å². The third-order valence-electron chi connectivity index (χ3n) is 3.18. The lowest BCUT2D eigenvalue weighted by Crippen LogP contribution is -2.20. The molecule has 3 nitrogen and oxygen atoms in total. The third-order valence-corrected chi connectivity index (χ3v) is 3.18. The average Bonchev–Trinajstić information content (AvgIpc) is 2.66. The fraction of sp³-hybridized carbons (Fsp3) is 0.0667. The van der Waals surface area contributed by atoms with E-state index in [9.17, 15) is 9.59 Å². The van der Waals surface area contributed by atoms with Gasteiger partial charge in [0.2, 0.25) is 0 Å². The van der Waals surface area contributed by atoms with E-state index in [2.05, 4.69) is 11.9 Å². The maximum Gasteiger partial charge on any atom is 0.259 e. The van der Waals surface area contributed by atoms with Crippen LogP contribution in [-0.2, 0) is 6.42 Å². The van der Waals surface area contributed by atoms with Crippen LogP contribution in [0, 0.1) is 0 Å². The van der Waals surface area contributed by atoms with Crippen LogP contribution in [0.4, 0.5) is 0 Å². The Morgan fingerprint density at radius 3 is 2.61 bits per heavy atom. The Labute approximate surface area is 104 Å². The molecule has 1 N–H and O–H groups in total. The van der Waals surface area contributed by atoms with Gasteiger partial charge in [-0.3, -0.25) is 14.9 Å². The largest absolute Gasteiger partial charge is 0.288 e. The van der Waals surface area contributed by atoms with E-state index in [1.165, 1.54) is 0 Å². The van der Waals surface area contributed by atoms with Crippen molar-refractivity contribution in [1.82, 2.24) is 5.32 Å². The van der Waals surface area contributed by atoms with Gasteiger partial charge in [-0.1, -0.05) is 30.3 Å². The second-order valence-corrected chi connectivity index (χ2v) is 4.28. The summed E-state index contributed by atoms with van der Waals surface area (Å²) in [6.07, 6.45) is 2.31. The van der Waals surface area contributed by atoms with Gasteiger partial charge in [-0.15, -0.1) is 6.58 Å². The summed E-state index contributed by atoms with van der Waals surface area (Å²) in [6, 6.07) is 9.54.